The molecule has 0 saturated carbocycles. The van der Waals surface area contributed by atoms with Crippen molar-refractivity contribution in [2.75, 3.05) is 18.9 Å². The van der Waals surface area contributed by atoms with Crippen molar-refractivity contribution in [3.63, 3.8) is 0 Å². The Morgan fingerprint density at radius 1 is 1.07 bits per heavy atom. The van der Waals surface area contributed by atoms with Gasteiger partial charge in [-0.3, -0.25) is 9.59 Å². The van der Waals surface area contributed by atoms with E-state index in [0.29, 0.717) is 18.7 Å². The molecule has 0 spiro atoms. The molecule has 2 rings (SSSR count). The minimum absolute atomic E-state index is 0.104. The van der Waals surface area contributed by atoms with Gasteiger partial charge in [0.15, 0.2) is 0 Å². The zero-order valence-corrected chi connectivity index (χ0v) is 16.8. The highest BCUT2D eigenvalue weighted by molar-refractivity contribution is 8.00. The van der Waals surface area contributed by atoms with Crippen LogP contribution in [0.25, 0.3) is 0 Å². The van der Waals surface area contributed by atoms with Crippen LogP contribution in [0.4, 0.5) is 0 Å². The van der Waals surface area contributed by atoms with Crippen LogP contribution in [0.1, 0.15) is 36.7 Å². The Balaban J connectivity index is 1.83. The van der Waals surface area contributed by atoms with Crippen LogP contribution in [0.5, 0.6) is 5.75 Å². The average Bonchev–Trinajstić information content (AvgIpc) is 2.63. The molecule has 0 heterocycles. The third-order valence-corrected chi connectivity index (χ3v) is 4.97. The van der Waals surface area contributed by atoms with Crippen molar-refractivity contribution >= 4 is 23.6 Å². The Morgan fingerprint density at radius 3 is 2.37 bits per heavy atom. The van der Waals surface area contributed by atoms with Gasteiger partial charge in [-0.25, -0.2) is 0 Å². The van der Waals surface area contributed by atoms with Crippen molar-refractivity contribution in [2.45, 2.75) is 31.1 Å². The Labute approximate surface area is 164 Å². The average molecular weight is 387 g/mol. The van der Waals surface area contributed by atoms with Crippen molar-refractivity contribution in [2.24, 2.45) is 5.73 Å². The van der Waals surface area contributed by atoms with E-state index in [1.165, 1.54) is 17.3 Å². The normalized spacial score (nSPS) is 11.1. The zero-order chi connectivity index (χ0) is 19.9. The van der Waals surface area contributed by atoms with Crippen LogP contribution in [0.15, 0.2) is 53.4 Å². The first-order chi connectivity index (χ1) is 12.8. The summed E-state index contributed by atoms with van der Waals surface area (Å²) in [6, 6.07) is 15.1. The largest absolute Gasteiger partial charge is 0.492 e. The number of ether oxygens (including phenoxy) is 1. The van der Waals surface area contributed by atoms with E-state index < -0.39 is 5.91 Å². The van der Waals surface area contributed by atoms with Crippen LogP contribution in [-0.2, 0) is 10.2 Å². The number of hydrogen-bond donors (Lipinski definition) is 2. The van der Waals surface area contributed by atoms with Crippen molar-refractivity contribution < 1.29 is 14.3 Å². The Kier molecular flexibility index (Phi) is 7.30. The second kappa shape index (κ2) is 9.46. The molecule has 144 valence electrons. The monoisotopic (exact) mass is 386 g/mol. The number of benzene rings is 2. The molecule has 0 atom stereocenters. The number of thioether (sulfide) groups is 1. The van der Waals surface area contributed by atoms with Crippen LogP contribution in [0.3, 0.4) is 0 Å². The van der Waals surface area contributed by atoms with Crippen LogP contribution in [0, 0.1) is 0 Å². The molecule has 0 aliphatic heterocycles. The maximum atomic E-state index is 12.4. The molecule has 3 N–H and O–H groups in total. The summed E-state index contributed by atoms with van der Waals surface area (Å²) >= 11 is 1.26. The molecule has 0 aliphatic carbocycles. The third-order valence-electron chi connectivity index (χ3n) is 3.88. The number of hydrogen-bond acceptors (Lipinski definition) is 4. The van der Waals surface area contributed by atoms with Crippen LogP contribution in [-0.4, -0.2) is 30.7 Å². The number of nitrogens with two attached hydrogens (primary N) is 1. The van der Waals surface area contributed by atoms with Crippen molar-refractivity contribution in [3.05, 3.63) is 59.7 Å². The molecule has 0 saturated heterocycles. The van der Waals surface area contributed by atoms with E-state index >= 15 is 0 Å². The van der Waals surface area contributed by atoms with E-state index in [2.05, 4.69) is 38.2 Å². The van der Waals surface area contributed by atoms with E-state index in [-0.39, 0.29) is 17.1 Å². The second-order valence-corrected chi connectivity index (χ2v) is 8.15. The minimum atomic E-state index is -0.416. The number of nitrogens with one attached hydrogen (secondary N) is 1. The van der Waals surface area contributed by atoms with E-state index in [1.54, 1.807) is 18.2 Å². The standard InChI is InChI=1S/C21H26N2O3S/c1-21(2,3)15-8-10-16(11-9-15)26-13-12-23-20(25)17-6-4-5-7-18(17)27-14-19(22)24/h4-11H,12-14H2,1-3H3,(H2,22,24)(H,23,25). The van der Waals surface area contributed by atoms with E-state index in [4.69, 9.17) is 10.5 Å². The number of carbonyl (C=O) groups is 2. The molecule has 6 heteroatoms. The highest BCUT2D eigenvalue weighted by atomic mass is 32.2. The SMILES string of the molecule is CC(C)(C)c1ccc(OCCNC(=O)c2ccccc2SCC(N)=O)cc1. The predicted molar refractivity (Wildman–Crippen MR) is 109 cm³/mol. The smallest absolute Gasteiger partial charge is 0.252 e. The highest BCUT2D eigenvalue weighted by Crippen LogP contribution is 2.24. The molecule has 0 aliphatic rings. The van der Waals surface area contributed by atoms with Gasteiger partial charge in [0.2, 0.25) is 5.91 Å². The van der Waals surface area contributed by atoms with Gasteiger partial charge in [0.1, 0.15) is 12.4 Å². The summed E-state index contributed by atoms with van der Waals surface area (Å²) in [7, 11) is 0. The lowest BCUT2D eigenvalue weighted by molar-refractivity contribution is -0.115. The van der Waals surface area contributed by atoms with Crippen LogP contribution in [0.2, 0.25) is 0 Å². The molecule has 0 radical (unpaired) electrons. The van der Waals surface area contributed by atoms with E-state index in [1.807, 2.05) is 18.2 Å². The fraction of sp³-hybridized carbons (Fsp3) is 0.333. The van der Waals surface area contributed by atoms with Crippen molar-refractivity contribution in [1.82, 2.24) is 5.32 Å². The fourth-order valence-electron chi connectivity index (χ4n) is 2.41. The Morgan fingerprint density at radius 2 is 1.74 bits per heavy atom. The summed E-state index contributed by atoms with van der Waals surface area (Å²) in [6.07, 6.45) is 0. The minimum Gasteiger partial charge on any atom is -0.492 e. The summed E-state index contributed by atoms with van der Waals surface area (Å²) in [5, 5.41) is 2.84. The molecule has 2 aromatic carbocycles. The van der Waals surface area contributed by atoms with Gasteiger partial charge < -0.3 is 15.8 Å². The first-order valence-corrected chi connectivity index (χ1v) is 9.77. The van der Waals surface area contributed by atoms with Gasteiger partial charge in [-0.2, -0.15) is 0 Å². The van der Waals surface area contributed by atoms with Crippen molar-refractivity contribution in [1.29, 1.82) is 0 Å². The molecular weight excluding hydrogens is 360 g/mol. The lowest BCUT2D eigenvalue weighted by Gasteiger charge is -2.19. The molecule has 0 aromatic heterocycles. The van der Waals surface area contributed by atoms with Crippen LogP contribution >= 0.6 is 11.8 Å². The van der Waals surface area contributed by atoms with Gasteiger partial charge in [0.05, 0.1) is 17.9 Å². The number of rotatable bonds is 8. The van der Waals surface area contributed by atoms with Gasteiger partial charge >= 0.3 is 0 Å². The Hall–Kier alpha value is -2.47. The molecule has 0 fully saturated rings. The first-order valence-electron chi connectivity index (χ1n) is 8.79. The van der Waals surface area contributed by atoms with Gasteiger partial charge in [-0.1, -0.05) is 45.0 Å². The summed E-state index contributed by atoms with van der Waals surface area (Å²) in [5.41, 5.74) is 7.05. The highest BCUT2D eigenvalue weighted by Gasteiger charge is 2.13. The van der Waals surface area contributed by atoms with Crippen molar-refractivity contribution in [3.8, 4) is 5.75 Å². The fourth-order valence-corrected chi connectivity index (χ4v) is 3.20. The van der Waals surface area contributed by atoms with Gasteiger partial charge in [0.25, 0.3) is 5.91 Å². The number of primary amides is 1. The summed E-state index contributed by atoms with van der Waals surface area (Å²) in [6.45, 7) is 7.25. The molecule has 0 bridgehead atoms. The lowest BCUT2D eigenvalue weighted by Crippen LogP contribution is -2.28. The molecule has 27 heavy (non-hydrogen) atoms. The third kappa shape index (κ3) is 6.64. The molecule has 2 aromatic rings. The Bertz CT molecular complexity index is 783. The molecule has 2 amide bonds. The van der Waals surface area contributed by atoms with Gasteiger partial charge in [-0.15, -0.1) is 11.8 Å². The number of amides is 2. The quantitative estimate of drug-likeness (QED) is 0.538. The number of carbonyl (C=O) groups excluding carboxylic acids is 2. The second-order valence-electron chi connectivity index (χ2n) is 7.13. The maximum absolute atomic E-state index is 12.4. The molecule has 5 nitrogen and oxygen atoms in total. The summed E-state index contributed by atoms with van der Waals surface area (Å²) < 4.78 is 5.69. The lowest BCUT2D eigenvalue weighted by atomic mass is 9.87. The predicted octanol–water partition coefficient (Wildman–Crippen LogP) is 3.37. The topological polar surface area (TPSA) is 81.4 Å². The zero-order valence-electron chi connectivity index (χ0n) is 16.0. The molecule has 0 unspecified atom stereocenters. The van der Waals surface area contributed by atoms with E-state index in [0.717, 1.165) is 10.6 Å². The molecular formula is C21H26N2O3S. The summed E-state index contributed by atoms with van der Waals surface area (Å²) in [5.74, 6) is 0.294. The van der Waals surface area contributed by atoms with Gasteiger partial charge in [0, 0.05) is 4.90 Å². The van der Waals surface area contributed by atoms with Gasteiger partial charge in [-0.05, 0) is 35.2 Å². The first kappa shape index (κ1) is 20.8. The maximum Gasteiger partial charge on any atom is 0.252 e. The summed E-state index contributed by atoms with van der Waals surface area (Å²) in [4.78, 5) is 24.1. The van der Waals surface area contributed by atoms with E-state index in [9.17, 15) is 9.59 Å². The van der Waals surface area contributed by atoms with Crippen LogP contribution < -0.4 is 15.8 Å².